The third-order valence-electron chi connectivity index (χ3n) is 3.37. The van der Waals surface area contributed by atoms with Crippen molar-refractivity contribution in [2.75, 3.05) is 0 Å². The van der Waals surface area contributed by atoms with Gasteiger partial charge in [-0.25, -0.2) is 0 Å². The van der Waals surface area contributed by atoms with Crippen LogP contribution in [-0.4, -0.2) is 32.0 Å². The van der Waals surface area contributed by atoms with E-state index in [2.05, 4.69) is 15.4 Å². The van der Waals surface area contributed by atoms with Crippen LogP contribution < -0.4 is 5.73 Å². The van der Waals surface area contributed by atoms with Gasteiger partial charge < -0.3 is 5.73 Å². The number of carbonyl (C=O) groups excluding carboxylic acids is 1. The highest BCUT2D eigenvalue weighted by atomic mass is 16.1. The second kappa shape index (κ2) is 5.35. The van der Waals surface area contributed by atoms with Gasteiger partial charge in [-0.3, -0.25) is 4.79 Å². The van der Waals surface area contributed by atoms with Crippen LogP contribution in [0.2, 0.25) is 0 Å². The van der Waals surface area contributed by atoms with Crippen LogP contribution in [0.3, 0.4) is 0 Å². The van der Waals surface area contributed by atoms with E-state index in [4.69, 9.17) is 5.73 Å². The molecular weight excluding hydrogens is 218 g/mol. The maximum atomic E-state index is 12.1. The smallest absolute Gasteiger partial charge is 0.182 e. The van der Waals surface area contributed by atoms with Gasteiger partial charge in [0.25, 0.3) is 0 Å². The van der Waals surface area contributed by atoms with Gasteiger partial charge in [0.15, 0.2) is 5.82 Å². The van der Waals surface area contributed by atoms with Crippen molar-refractivity contribution in [3.63, 3.8) is 0 Å². The summed E-state index contributed by atoms with van der Waals surface area (Å²) in [7, 11) is 1.69. The van der Waals surface area contributed by atoms with Crippen molar-refractivity contribution in [3.8, 4) is 0 Å². The zero-order valence-corrected chi connectivity index (χ0v) is 10.2. The Balaban J connectivity index is 1.98. The Bertz CT molecular complexity index is 389. The van der Waals surface area contributed by atoms with Crippen LogP contribution >= 0.6 is 0 Å². The standard InChI is InChI=1S/C11H19N5O/c1-16-14-11(13-15-16)7-10(17)8-5-3-2-4-6-9(8)12/h8-9H,2-7,12H2,1H3. The number of hydrogen-bond donors (Lipinski definition) is 1. The molecule has 1 saturated carbocycles. The summed E-state index contributed by atoms with van der Waals surface area (Å²) in [5.41, 5.74) is 6.06. The normalized spacial score (nSPS) is 25.5. The Kier molecular flexibility index (Phi) is 3.83. The number of Topliss-reactive ketones (excluding diaryl/α,β-unsaturated/α-hetero) is 1. The molecule has 1 aromatic heterocycles. The summed E-state index contributed by atoms with van der Waals surface area (Å²) in [5, 5.41) is 11.6. The van der Waals surface area contributed by atoms with E-state index in [0.717, 1.165) is 25.7 Å². The predicted octanol–water partition coefficient (Wildman–Crippen LogP) is 0.229. The molecule has 0 spiro atoms. The molecule has 6 heteroatoms. The molecule has 1 heterocycles. The van der Waals surface area contributed by atoms with Crippen molar-refractivity contribution >= 4 is 5.78 Å². The van der Waals surface area contributed by atoms with Gasteiger partial charge in [-0.2, -0.15) is 4.80 Å². The maximum Gasteiger partial charge on any atom is 0.182 e. The third kappa shape index (κ3) is 3.09. The number of carbonyl (C=O) groups is 1. The lowest BCUT2D eigenvalue weighted by molar-refractivity contribution is -0.123. The van der Waals surface area contributed by atoms with E-state index in [1.807, 2.05) is 0 Å². The molecule has 1 fully saturated rings. The SMILES string of the molecule is Cn1nnc(CC(=O)C2CCCCCC2N)n1. The van der Waals surface area contributed by atoms with Gasteiger partial charge >= 0.3 is 0 Å². The first-order chi connectivity index (χ1) is 8.16. The Hall–Kier alpha value is -1.30. The monoisotopic (exact) mass is 237 g/mol. The fourth-order valence-electron chi connectivity index (χ4n) is 2.42. The largest absolute Gasteiger partial charge is 0.327 e. The number of aryl methyl sites for hydroxylation is 1. The van der Waals surface area contributed by atoms with E-state index >= 15 is 0 Å². The molecule has 0 amide bonds. The lowest BCUT2D eigenvalue weighted by Crippen LogP contribution is -2.35. The molecule has 1 aliphatic carbocycles. The topological polar surface area (TPSA) is 86.7 Å². The molecule has 2 rings (SSSR count). The minimum atomic E-state index is -0.0266. The highest BCUT2D eigenvalue weighted by Gasteiger charge is 2.27. The number of rotatable bonds is 3. The predicted molar refractivity (Wildman–Crippen MR) is 62.1 cm³/mol. The summed E-state index contributed by atoms with van der Waals surface area (Å²) in [6.07, 6.45) is 5.52. The number of tetrazole rings is 1. The van der Waals surface area contributed by atoms with Crippen LogP contribution in [0.15, 0.2) is 0 Å². The molecule has 2 N–H and O–H groups in total. The summed E-state index contributed by atoms with van der Waals surface area (Å²) in [5.74, 6) is 0.627. The van der Waals surface area contributed by atoms with Crippen molar-refractivity contribution in [2.45, 2.75) is 44.6 Å². The molecule has 0 saturated heterocycles. The van der Waals surface area contributed by atoms with E-state index in [9.17, 15) is 4.79 Å². The summed E-state index contributed by atoms with van der Waals surface area (Å²) in [6.45, 7) is 0. The first-order valence-electron chi connectivity index (χ1n) is 6.18. The molecule has 0 aromatic carbocycles. The van der Waals surface area contributed by atoms with E-state index in [1.54, 1.807) is 7.05 Å². The molecule has 1 aromatic rings. The summed E-state index contributed by atoms with van der Waals surface area (Å²) >= 11 is 0. The Morgan fingerprint density at radius 1 is 1.41 bits per heavy atom. The minimum Gasteiger partial charge on any atom is -0.327 e. The molecule has 17 heavy (non-hydrogen) atoms. The average molecular weight is 237 g/mol. The van der Waals surface area contributed by atoms with E-state index in [-0.39, 0.29) is 24.2 Å². The van der Waals surface area contributed by atoms with Crippen LogP contribution in [0.25, 0.3) is 0 Å². The van der Waals surface area contributed by atoms with E-state index in [0.29, 0.717) is 5.82 Å². The van der Waals surface area contributed by atoms with Crippen LogP contribution in [0, 0.1) is 5.92 Å². The molecule has 2 unspecified atom stereocenters. The van der Waals surface area contributed by atoms with Crippen molar-refractivity contribution < 1.29 is 4.79 Å². The fraction of sp³-hybridized carbons (Fsp3) is 0.818. The van der Waals surface area contributed by atoms with Crippen LogP contribution in [0.5, 0.6) is 0 Å². The van der Waals surface area contributed by atoms with Crippen molar-refractivity contribution in [1.29, 1.82) is 0 Å². The minimum absolute atomic E-state index is 0.00155. The van der Waals surface area contributed by atoms with Crippen molar-refractivity contribution in [2.24, 2.45) is 18.7 Å². The zero-order valence-electron chi connectivity index (χ0n) is 10.2. The van der Waals surface area contributed by atoms with Crippen LogP contribution in [0.4, 0.5) is 0 Å². The Morgan fingerprint density at radius 3 is 2.88 bits per heavy atom. The third-order valence-corrected chi connectivity index (χ3v) is 3.37. The molecule has 1 aliphatic rings. The van der Waals surface area contributed by atoms with Gasteiger partial charge in [0.05, 0.1) is 13.5 Å². The summed E-state index contributed by atoms with van der Waals surface area (Å²) in [6, 6.07) is 0.00155. The number of aromatic nitrogens is 4. The fourth-order valence-corrected chi connectivity index (χ4v) is 2.42. The van der Waals surface area contributed by atoms with E-state index < -0.39 is 0 Å². The second-order valence-electron chi connectivity index (χ2n) is 4.75. The first kappa shape index (κ1) is 12.2. The molecule has 0 aliphatic heterocycles. The molecular formula is C11H19N5O. The lowest BCUT2D eigenvalue weighted by atomic mass is 9.89. The summed E-state index contributed by atoms with van der Waals surface area (Å²) < 4.78 is 0. The highest BCUT2D eigenvalue weighted by molar-refractivity contribution is 5.83. The highest BCUT2D eigenvalue weighted by Crippen LogP contribution is 2.23. The Morgan fingerprint density at radius 2 is 2.18 bits per heavy atom. The van der Waals surface area contributed by atoms with Gasteiger partial charge in [-0.1, -0.05) is 19.3 Å². The number of ketones is 1. The van der Waals surface area contributed by atoms with Crippen LogP contribution in [0.1, 0.15) is 37.9 Å². The van der Waals surface area contributed by atoms with Gasteiger partial charge in [0.1, 0.15) is 5.78 Å². The van der Waals surface area contributed by atoms with Crippen molar-refractivity contribution in [1.82, 2.24) is 20.2 Å². The van der Waals surface area contributed by atoms with Gasteiger partial charge in [0.2, 0.25) is 0 Å². The average Bonchev–Trinajstić information content (AvgIpc) is 2.57. The number of nitrogens with zero attached hydrogens (tertiary/aromatic N) is 4. The summed E-state index contributed by atoms with van der Waals surface area (Å²) in [4.78, 5) is 13.5. The van der Waals surface area contributed by atoms with Gasteiger partial charge in [-0.05, 0) is 18.1 Å². The number of hydrogen-bond acceptors (Lipinski definition) is 5. The van der Waals surface area contributed by atoms with E-state index in [1.165, 1.54) is 11.2 Å². The number of nitrogens with two attached hydrogens (primary N) is 1. The molecule has 94 valence electrons. The molecule has 6 nitrogen and oxygen atoms in total. The zero-order chi connectivity index (χ0) is 12.3. The first-order valence-corrected chi connectivity index (χ1v) is 6.18. The van der Waals surface area contributed by atoms with Crippen LogP contribution in [-0.2, 0) is 18.3 Å². The molecule has 0 radical (unpaired) electrons. The quantitative estimate of drug-likeness (QED) is 0.760. The second-order valence-corrected chi connectivity index (χ2v) is 4.75. The van der Waals surface area contributed by atoms with Gasteiger partial charge in [-0.15, -0.1) is 10.2 Å². The Labute approximate surface area is 101 Å². The molecule has 2 atom stereocenters. The maximum absolute atomic E-state index is 12.1. The van der Waals surface area contributed by atoms with Gasteiger partial charge in [0, 0.05) is 12.0 Å². The van der Waals surface area contributed by atoms with Crippen molar-refractivity contribution in [3.05, 3.63) is 5.82 Å². The molecule has 0 bridgehead atoms. The lowest BCUT2D eigenvalue weighted by Gasteiger charge is -2.19.